The highest BCUT2D eigenvalue weighted by atomic mass is 16.2. The molecule has 2 unspecified atom stereocenters. The molecule has 1 heterocycles. The Labute approximate surface area is 68.4 Å². The van der Waals surface area contributed by atoms with E-state index in [2.05, 4.69) is 33.0 Å². The molecular weight excluding hydrogens is 138 g/mol. The number of β-lactam (4-membered cyclic amide) rings is 1. The van der Waals surface area contributed by atoms with Gasteiger partial charge >= 0.3 is 0 Å². The summed E-state index contributed by atoms with van der Waals surface area (Å²) in [4.78, 5) is 11.1. The van der Waals surface area contributed by atoms with Crippen molar-refractivity contribution in [2.45, 2.75) is 40.2 Å². The quantitative estimate of drug-likeness (QED) is 0.572. The Hall–Kier alpha value is -0.530. The fraction of sp³-hybridized carbons (Fsp3) is 0.889. The zero-order chi connectivity index (χ0) is 8.65. The highest BCUT2D eigenvalue weighted by Gasteiger charge is 2.45. The number of nitrogens with one attached hydrogen (secondary N) is 1. The maximum Gasteiger partial charge on any atom is 0.225 e. The lowest BCUT2D eigenvalue weighted by Gasteiger charge is -2.44. The van der Waals surface area contributed by atoms with Gasteiger partial charge in [0, 0.05) is 6.04 Å². The lowest BCUT2D eigenvalue weighted by atomic mass is 9.70. The van der Waals surface area contributed by atoms with Gasteiger partial charge in [-0.2, -0.15) is 0 Å². The van der Waals surface area contributed by atoms with E-state index >= 15 is 0 Å². The van der Waals surface area contributed by atoms with Crippen LogP contribution >= 0.6 is 0 Å². The van der Waals surface area contributed by atoms with Crippen molar-refractivity contribution < 1.29 is 4.79 Å². The molecule has 2 atom stereocenters. The van der Waals surface area contributed by atoms with E-state index in [1.807, 2.05) is 0 Å². The summed E-state index contributed by atoms with van der Waals surface area (Å²) in [6, 6.07) is 0.419. The highest BCUT2D eigenvalue weighted by molar-refractivity contribution is 5.86. The third kappa shape index (κ3) is 1.39. The number of rotatable bonds is 1. The molecule has 1 aliphatic heterocycles. The molecule has 1 amide bonds. The Morgan fingerprint density at radius 2 is 2.00 bits per heavy atom. The normalized spacial score (nSPS) is 31.1. The van der Waals surface area contributed by atoms with E-state index in [0.29, 0.717) is 6.04 Å². The molecule has 1 N–H and O–H groups in total. The Balaban J connectivity index is 2.63. The van der Waals surface area contributed by atoms with Crippen molar-refractivity contribution in [3.8, 4) is 0 Å². The summed E-state index contributed by atoms with van der Waals surface area (Å²) >= 11 is 0. The van der Waals surface area contributed by atoms with Crippen LogP contribution in [0.4, 0.5) is 0 Å². The molecule has 0 bridgehead atoms. The summed E-state index contributed by atoms with van der Waals surface area (Å²) in [5, 5.41) is 2.91. The van der Waals surface area contributed by atoms with Crippen LogP contribution in [0.15, 0.2) is 0 Å². The number of carbonyl (C=O) groups excluding carboxylic acids is 1. The highest BCUT2D eigenvalue weighted by Crippen LogP contribution is 2.35. The van der Waals surface area contributed by atoms with E-state index in [-0.39, 0.29) is 17.2 Å². The molecule has 0 saturated carbocycles. The first kappa shape index (κ1) is 8.57. The molecule has 1 saturated heterocycles. The minimum Gasteiger partial charge on any atom is -0.352 e. The van der Waals surface area contributed by atoms with Crippen molar-refractivity contribution in [2.75, 3.05) is 0 Å². The second-order valence-corrected chi connectivity index (χ2v) is 4.37. The van der Waals surface area contributed by atoms with Crippen LogP contribution in [0.5, 0.6) is 0 Å². The van der Waals surface area contributed by atoms with Crippen LogP contribution in [-0.4, -0.2) is 11.9 Å². The predicted octanol–water partition coefficient (Wildman–Crippen LogP) is 1.56. The maximum absolute atomic E-state index is 11.1. The molecule has 0 aliphatic carbocycles. The minimum absolute atomic E-state index is 0.128. The van der Waals surface area contributed by atoms with Crippen molar-refractivity contribution in [2.24, 2.45) is 11.3 Å². The van der Waals surface area contributed by atoms with Gasteiger partial charge in [-0.1, -0.05) is 27.7 Å². The first-order chi connectivity index (χ1) is 4.96. The van der Waals surface area contributed by atoms with E-state index in [4.69, 9.17) is 0 Å². The van der Waals surface area contributed by atoms with Crippen LogP contribution in [0.1, 0.15) is 34.1 Å². The van der Waals surface area contributed by atoms with Crippen LogP contribution < -0.4 is 5.32 Å². The van der Waals surface area contributed by atoms with Gasteiger partial charge in [-0.3, -0.25) is 4.79 Å². The number of amides is 1. The van der Waals surface area contributed by atoms with Crippen LogP contribution in [-0.2, 0) is 4.79 Å². The standard InChI is InChI=1S/C9H17NO/c1-5-6-7(8(11)10-6)9(2,3)4/h6-7H,5H2,1-4H3,(H,10,11). The van der Waals surface area contributed by atoms with Crippen LogP contribution in [0.2, 0.25) is 0 Å². The molecule has 1 aliphatic rings. The van der Waals surface area contributed by atoms with Gasteiger partial charge in [0.1, 0.15) is 0 Å². The molecule has 0 aromatic heterocycles. The van der Waals surface area contributed by atoms with Gasteiger partial charge in [-0.15, -0.1) is 0 Å². The molecule has 1 rings (SSSR count). The van der Waals surface area contributed by atoms with Gasteiger partial charge < -0.3 is 5.32 Å². The molecule has 1 fully saturated rings. The summed E-state index contributed by atoms with van der Waals surface area (Å²) in [7, 11) is 0. The molecule has 2 heteroatoms. The Morgan fingerprint density at radius 3 is 2.18 bits per heavy atom. The van der Waals surface area contributed by atoms with Gasteiger partial charge in [0.15, 0.2) is 0 Å². The smallest absolute Gasteiger partial charge is 0.225 e. The fourth-order valence-electron chi connectivity index (χ4n) is 1.78. The number of carbonyl (C=O) groups is 1. The SMILES string of the molecule is CCC1NC(=O)C1C(C)(C)C. The van der Waals surface area contributed by atoms with Crippen LogP contribution in [0, 0.1) is 11.3 Å². The molecule has 0 aromatic rings. The van der Waals surface area contributed by atoms with Crippen molar-refractivity contribution >= 4 is 5.91 Å². The Morgan fingerprint density at radius 1 is 1.45 bits per heavy atom. The summed E-state index contributed by atoms with van der Waals surface area (Å²) in [6.45, 7) is 8.49. The Kier molecular flexibility index (Phi) is 1.95. The van der Waals surface area contributed by atoms with E-state index in [1.165, 1.54) is 0 Å². The molecule has 11 heavy (non-hydrogen) atoms. The maximum atomic E-state index is 11.1. The van der Waals surface area contributed by atoms with E-state index in [1.54, 1.807) is 0 Å². The lowest BCUT2D eigenvalue weighted by Crippen LogP contribution is -2.62. The third-order valence-electron chi connectivity index (χ3n) is 2.39. The molecule has 2 nitrogen and oxygen atoms in total. The first-order valence-corrected chi connectivity index (χ1v) is 4.27. The van der Waals surface area contributed by atoms with Crippen LogP contribution in [0.25, 0.3) is 0 Å². The Bertz CT molecular complexity index is 169. The van der Waals surface area contributed by atoms with Crippen molar-refractivity contribution in [3.05, 3.63) is 0 Å². The van der Waals surface area contributed by atoms with Gasteiger partial charge in [-0.25, -0.2) is 0 Å². The lowest BCUT2D eigenvalue weighted by molar-refractivity contribution is -0.140. The summed E-state index contributed by atoms with van der Waals surface area (Å²) in [5.41, 5.74) is 0.128. The molecular formula is C9H17NO. The average Bonchev–Trinajstić information content (AvgIpc) is 1.77. The van der Waals surface area contributed by atoms with Gasteiger partial charge in [0.2, 0.25) is 5.91 Å². The number of hydrogen-bond donors (Lipinski definition) is 1. The van der Waals surface area contributed by atoms with Gasteiger partial charge in [0.05, 0.1) is 5.92 Å². The van der Waals surface area contributed by atoms with Crippen molar-refractivity contribution in [3.63, 3.8) is 0 Å². The topological polar surface area (TPSA) is 29.1 Å². The zero-order valence-corrected chi connectivity index (χ0v) is 7.77. The van der Waals surface area contributed by atoms with E-state index < -0.39 is 0 Å². The van der Waals surface area contributed by atoms with E-state index in [0.717, 1.165) is 6.42 Å². The summed E-state index contributed by atoms with van der Waals surface area (Å²) < 4.78 is 0. The van der Waals surface area contributed by atoms with Crippen molar-refractivity contribution in [1.29, 1.82) is 0 Å². The van der Waals surface area contributed by atoms with Crippen molar-refractivity contribution in [1.82, 2.24) is 5.32 Å². The fourth-order valence-corrected chi connectivity index (χ4v) is 1.78. The van der Waals surface area contributed by atoms with Gasteiger partial charge in [-0.05, 0) is 11.8 Å². The van der Waals surface area contributed by atoms with E-state index in [9.17, 15) is 4.79 Å². The second-order valence-electron chi connectivity index (χ2n) is 4.37. The van der Waals surface area contributed by atoms with Crippen LogP contribution in [0.3, 0.4) is 0 Å². The second kappa shape index (κ2) is 2.50. The summed E-state index contributed by atoms with van der Waals surface area (Å²) in [6.07, 6.45) is 1.05. The predicted molar refractivity (Wildman–Crippen MR) is 45.2 cm³/mol. The largest absolute Gasteiger partial charge is 0.352 e. The summed E-state index contributed by atoms with van der Waals surface area (Å²) in [5.74, 6) is 0.455. The monoisotopic (exact) mass is 155 g/mol. The number of hydrogen-bond acceptors (Lipinski definition) is 1. The molecule has 0 aromatic carbocycles. The first-order valence-electron chi connectivity index (χ1n) is 4.27. The average molecular weight is 155 g/mol. The molecule has 0 radical (unpaired) electrons. The van der Waals surface area contributed by atoms with Gasteiger partial charge in [0.25, 0.3) is 0 Å². The third-order valence-corrected chi connectivity index (χ3v) is 2.39. The minimum atomic E-state index is 0.128. The molecule has 64 valence electrons. The zero-order valence-electron chi connectivity index (χ0n) is 7.77. The molecule has 0 spiro atoms.